The van der Waals surface area contributed by atoms with Crippen LogP contribution in [0.2, 0.25) is 0 Å². The molecule has 39 heavy (non-hydrogen) atoms. The molecule has 2 fully saturated rings. The lowest BCUT2D eigenvalue weighted by Crippen LogP contribution is -2.51. The van der Waals surface area contributed by atoms with Crippen molar-refractivity contribution in [1.82, 2.24) is 0 Å². The first-order chi connectivity index (χ1) is 18.7. The lowest BCUT2D eigenvalue weighted by molar-refractivity contribution is -0.114. The van der Waals surface area contributed by atoms with Crippen molar-refractivity contribution in [3.8, 4) is 17.6 Å². The van der Waals surface area contributed by atoms with Crippen LogP contribution in [0.4, 0.5) is 0 Å². The van der Waals surface area contributed by atoms with Gasteiger partial charge in [0.1, 0.15) is 11.4 Å². The van der Waals surface area contributed by atoms with Gasteiger partial charge in [0, 0.05) is 28.9 Å². The molecule has 0 aliphatic heterocycles. The minimum absolute atomic E-state index is 0.0304. The van der Waals surface area contributed by atoms with E-state index in [1.54, 1.807) is 26.2 Å². The van der Waals surface area contributed by atoms with E-state index in [0.29, 0.717) is 30.2 Å². The fourth-order valence-corrected chi connectivity index (χ4v) is 7.99. The maximum Gasteiger partial charge on any atom is 0.159 e. The van der Waals surface area contributed by atoms with Crippen molar-refractivity contribution in [2.24, 2.45) is 17.3 Å². The molecule has 0 bridgehead atoms. The third-order valence-corrected chi connectivity index (χ3v) is 10.1. The summed E-state index contributed by atoms with van der Waals surface area (Å²) >= 11 is 0. The second-order valence-electron chi connectivity index (χ2n) is 12.1. The Bertz CT molecular complexity index is 1470. The molecular weight excluding hydrogens is 484 g/mol. The van der Waals surface area contributed by atoms with E-state index in [1.807, 2.05) is 24.3 Å². The van der Waals surface area contributed by atoms with E-state index in [0.717, 1.165) is 43.4 Å². The van der Waals surface area contributed by atoms with Crippen molar-refractivity contribution in [1.29, 1.82) is 0 Å². The first kappa shape index (κ1) is 25.8. The van der Waals surface area contributed by atoms with E-state index in [2.05, 4.69) is 37.0 Å². The summed E-state index contributed by atoms with van der Waals surface area (Å²) in [7, 11) is 1.70. The Morgan fingerprint density at radius 1 is 1.08 bits per heavy atom. The minimum atomic E-state index is -1.11. The van der Waals surface area contributed by atoms with Gasteiger partial charge >= 0.3 is 0 Å². The summed E-state index contributed by atoms with van der Waals surface area (Å²) in [6.07, 6.45) is 7.63. The van der Waals surface area contributed by atoms with Crippen molar-refractivity contribution in [3.05, 3.63) is 88.0 Å². The Morgan fingerprint density at radius 3 is 2.62 bits per heavy atom. The average Bonchev–Trinajstić information content (AvgIpc) is 3.21. The number of allylic oxidation sites excluding steroid dienone is 4. The number of carbonyl (C=O) groups is 2. The van der Waals surface area contributed by atoms with Crippen molar-refractivity contribution in [2.75, 3.05) is 7.11 Å². The molecule has 6 rings (SSSR count). The van der Waals surface area contributed by atoms with E-state index in [1.165, 1.54) is 22.3 Å². The summed E-state index contributed by atoms with van der Waals surface area (Å²) in [5, 5.41) is 12.2. The first-order valence-corrected chi connectivity index (χ1v) is 14.2. The zero-order chi connectivity index (χ0) is 27.4. The molecule has 4 aliphatic carbocycles. The van der Waals surface area contributed by atoms with Gasteiger partial charge in [-0.15, -0.1) is 0 Å². The van der Waals surface area contributed by atoms with Crippen LogP contribution in [-0.4, -0.2) is 29.4 Å². The fourth-order valence-electron chi connectivity index (χ4n) is 7.99. The topological polar surface area (TPSA) is 63.6 Å². The molecule has 0 saturated heterocycles. The number of ether oxygens (including phenoxy) is 1. The molecule has 200 valence electrons. The van der Waals surface area contributed by atoms with Gasteiger partial charge in [0.2, 0.25) is 0 Å². The van der Waals surface area contributed by atoms with Crippen LogP contribution in [-0.2, 0) is 4.79 Å². The van der Waals surface area contributed by atoms with Crippen LogP contribution < -0.4 is 4.74 Å². The molecule has 0 unspecified atom stereocenters. The van der Waals surface area contributed by atoms with Gasteiger partial charge in [0.25, 0.3) is 0 Å². The summed E-state index contributed by atoms with van der Waals surface area (Å²) in [6.45, 7) is 3.81. The highest BCUT2D eigenvalue weighted by Crippen LogP contribution is 2.66. The molecule has 1 N–H and O–H groups in total. The van der Waals surface area contributed by atoms with Crippen molar-refractivity contribution >= 4 is 11.6 Å². The second-order valence-corrected chi connectivity index (χ2v) is 12.1. The average molecular weight is 521 g/mol. The summed E-state index contributed by atoms with van der Waals surface area (Å²) in [6, 6.07) is 15.7. The number of benzene rings is 2. The van der Waals surface area contributed by atoms with Crippen molar-refractivity contribution < 1.29 is 19.4 Å². The fraction of sp³-hybridized carbons (Fsp3) is 0.429. The van der Waals surface area contributed by atoms with E-state index >= 15 is 0 Å². The highest BCUT2D eigenvalue weighted by Gasteiger charge is 2.62. The number of fused-ring (bicyclic) bond motifs is 4. The molecule has 0 spiro atoms. The Hall–Kier alpha value is -3.42. The summed E-state index contributed by atoms with van der Waals surface area (Å²) in [5.41, 5.74) is 5.31. The van der Waals surface area contributed by atoms with Gasteiger partial charge in [-0.25, -0.2) is 0 Å². The first-order valence-electron chi connectivity index (χ1n) is 14.2. The number of Topliss-reactive ketones (excluding diaryl/α,β-unsaturated/α-hetero) is 1. The summed E-state index contributed by atoms with van der Waals surface area (Å²) < 4.78 is 5.60. The summed E-state index contributed by atoms with van der Waals surface area (Å²) in [5.74, 6) is 8.54. The highest BCUT2D eigenvalue weighted by molar-refractivity contribution is 5.94. The van der Waals surface area contributed by atoms with Crippen molar-refractivity contribution in [2.45, 2.75) is 70.3 Å². The van der Waals surface area contributed by atoms with Gasteiger partial charge in [-0.05, 0) is 104 Å². The number of aliphatic hydroxyl groups is 1. The standard InChI is InChI=1S/C35H36O4/c1-22(36)24-9-7-23(8-10-24)15-17-35(38)18-16-32-30-13-11-26-19-27(37)12-14-29(26)33(30)31(21-34(32,35)2)25-5-4-6-28(20-25)39-3/h4-10,19-20,30-32,38H,11-14,16,18,21H2,1-3H3/t30-,31+,32-,34-,35-/m0/s1. The number of hydrogen-bond acceptors (Lipinski definition) is 4. The van der Waals surface area contributed by atoms with Crippen LogP contribution in [0, 0.1) is 29.1 Å². The molecular formula is C35H36O4. The zero-order valence-corrected chi connectivity index (χ0v) is 23.0. The monoisotopic (exact) mass is 520 g/mol. The lowest BCUT2D eigenvalue weighted by Gasteiger charge is -2.53. The van der Waals surface area contributed by atoms with Crippen LogP contribution in [0.15, 0.2) is 71.3 Å². The molecule has 0 amide bonds. The van der Waals surface area contributed by atoms with Crippen LogP contribution >= 0.6 is 0 Å². The van der Waals surface area contributed by atoms with Gasteiger partial charge in [-0.1, -0.05) is 48.6 Å². The normalized spacial score (nSPS) is 31.3. The highest BCUT2D eigenvalue weighted by atomic mass is 16.5. The van der Waals surface area contributed by atoms with Crippen LogP contribution in [0.5, 0.6) is 5.75 Å². The number of methoxy groups -OCH3 is 1. The molecule has 4 nitrogen and oxygen atoms in total. The number of rotatable bonds is 3. The van der Waals surface area contributed by atoms with Crippen LogP contribution in [0.25, 0.3) is 0 Å². The molecule has 0 aromatic heterocycles. The predicted molar refractivity (Wildman–Crippen MR) is 152 cm³/mol. The maximum atomic E-state index is 12.3. The Labute approximate surface area is 231 Å². The second kappa shape index (κ2) is 9.65. The van der Waals surface area contributed by atoms with E-state index in [4.69, 9.17) is 4.74 Å². The Balaban J connectivity index is 1.44. The van der Waals surface area contributed by atoms with Gasteiger partial charge < -0.3 is 9.84 Å². The molecule has 0 radical (unpaired) electrons. The van der Waals surface area contributed by atoms with Crippen LogP contribution in [0.1, 0.15) is 86.2 Å². The van der Waals surface area contributed by atoms with Crippen LogP contribution in [0.3, 0.4) is 0 Å². The largest absolute Gasteiger partial charge is 0.497 e. The quantitative estimate of drug-likeness (QED) is 0.367. The SMILES string of the molecule is COc1cccc([C@H]2C[C@@]3(C)[C@@H](CC[C@@]3(O)C#Cc3ccc(C(C)=O)cc3)[C@@H]3CCC4=CC(=O)CCC4=C32)c1. The number of ketones is 2. The predicted octanol–water partition coefficient (Wildman–Crippen LogP) is 6.58. The summed E-state index contributed by atoms with van der Waals surface area (Å²) in [4.78, 5) is 24.0. The van der Waals surface area contributed by atoms with Crippen molar-refractivity contribution in [3.63, 3.8) is 0 Å². The van der Waals surface area contributed by atoms with Gasteiger partial charge in [0.15, 0.2) is 11.6 Å². The minimum Gasteiger partial charge on any atom is -0.497 e. The number of hydrogen-bond donors (Lipinski definition) is 1. The van der Waals surface area contributed by atoms with Gasteiger partial charge in [-0.3, -0.25) is 9.59 Å². The molecule has 2 aromatic carbocycles. The lowest BCUT2D eigenvalue weighted by atomic mass is 9.51. The van der Waals surface area contributed by atoms with E-state index in [9.17, 15) is 14.7 Å². The molecule has 2 aromatic rings. The Kier molecular flexibility index (Phi) is 6.39. The third kappa shape index (κ3) is 4.28. The smallest absolute Gasteiger partial charge is 0.159 e. The van der Waals surface area contributed by atoms with E-state index in [-0.39, 0.29) is 22.9 Å². The third-order valence-electron chi connectivity index (χ3n) is 10.1. The molecule has 4 aliphatic rings. The Morgan fingerprint density at radius 2 is 1.87 bits per heavy atom. The zero-order valence-electron chi connectivity index (χ0n) is 23.0. The number of carbonyl (C=O) groups excluding carboxylic acids is 2. The molecule has 4 heteroatoms. The van der Waals surface area contributed by atoms with E-state index < -0.39 is 5.60 Å². The molecule has 5 atom stereocenters. The van der Waals surface area contributed by atoms with Gasteiger partial charge in [-0.2, -0.15) is 0 Å². The molecule has 2 saturated carbocycles. The maximum absolute atomic E-state index is 12.3. The van der Waals surface area contributed by atoms with Gasteiger partial charge in [0.05, 0.1) is 7.11 Å². The molecule has 0 heterocycles.